The molecule has 0 radical (unpaired) electrons. The average Bonchev–Trinajstić information content (AvgIpc) is 3.39. The number of rotatable bonds is 9. The monoisotopic (exact) mass is 419 g/mol. The highest BCUT2D eigenvalue weighted by Gasteiger charge is 2.11. The van der Waals surface area contributed by atoms with Crippen LogP contribution in [0.2, 0.25) is 0 Å². The third-order valence-corrected chi connectivity index (χ3v) is 6.32. The van der Waals surface area contributed by atoms with Crippen LogP contribution in [0.1, 0.15) is 35.8 Å². The lowest BCUT2D eigenvalue weighted by molar-refractivity contribution is 0.0376. The molecule has 1 aliphatic rings. The molecule has 160 valence electrons. The van der Waals surface area contributed by atoms with Crippen molar-refractivity contribution in [2.75, 3.05) is 45.9 Å². The minimum atomic E-state index is 0.437. The number of hydrogen-bond acceptors (Lipinski definition) is 6. The van der Waals surface area contributed by atoms with Crippen LogP contribution in [0, 0.1) is 6.92 Å². The third kappa shape index (κ3) is 6.80. The van der Waals surface area contributed by atoms with E-state index in [0.29, 0.717) is 12.5 Å². The van der Waals surface area contributed by atoms with Gasteiger partial charge in [0.2, 0.25) is 0 Å². The highest BCUT2D eigenvalue weighted by atomic mass is 32.1. The van der Waals surface area contributed by atoms with Gasteiger partial charge < -0.3 is 19.9 Å². The fourth-order valence-corrected chi connectivity index (χ4v) is 3.96. The molecule has 1 unspecified atom stereocenters. The number of ether oxygens (including phenoxy) is 1. The maximum atomic E-state index is 5.42. The Morgan fingerprint density at radius 3 is 2.83 bits per heavy atom. The molecule has 3 rings (SSSR count). The molecule has 8 nitrogen and oxygen atoms in total. The maximum absolute atomic E-state index is 5.42. The van der Waals surface area contributed by atoms with Gasteiger partial charge in [-0.1, -0.05) is 13.0 Å². The number of morpholine rings is 1. The molecule has 3 heterocycles. The first kappa shape index (κ1) is 21.7. The van der Waals surface area contributed by atoms with Gasteiger partial charge in [-0.3, -0.25) is 4.90 Å². The summed E-state index contributed by atoms with van der Waals surface area (Å²) in [6, 6.07) is 4.29. The summed E-state index contributed by atoms with van der Waals surface area (Å²) in [4.78, 5) is 8.58. The first-order chi connectivity index (χ1) is 14.1. The predicted octanol–water partition coefficient (Wildman–Crippen LogP) is 1.75. The second kappa shape index (κ2) is 11.3. The van der Waals surface area contributed by atoms with Crippen LogP contribution in [-0.2, 0) is 18.3 Å². The van der Waals surface area contributed by atoms with Crippen molar-refractivity contribution in [1.82, 2.24) is 30.3 Å². The molecule has 1 aliphatic heterocycles. The molecule has 2 aromatic heterocycles. The molecule has 0 bridgehead atoms. The van der Waals surface area contributed by atoms with Crippen molar-refractivity contribution < 1.29 is 4.74 Å². The lowest BCUT2D eigenvalue weighted by Gasteiger charge is -2.26. The summed E-state index contributed by atoms with van der Waals surface area (Å²) in [7, 11) is 1.97. The fourth-order valence-electron chi connectivity index (χ4n) is 3.17. The van der Waals surface area contributed by atoms with Crippen molar-refractivity contribution in [2.45, 2.75) is 32.7 Å². The normalized spacial score (nSPS) is 16.7. The Morgan fingerprint density at radius 1 is 1.31 bits per heavy atom. The zero-order valence-electron chi connectivity index (χ0n) is 17.7. The Bertz CT molecular complexity index is 753. The summed E-state index contributed by atoms with van der Waals surface area (Å²) in [5.74, 6) is 3.03. The van der Waals surface area contributed by atoms with Crippen LogP contribution in [0.25, 0.3) is 0 Å². The number of nitrogens with one attached hydrogen (secondary N) is 2. The molecule has 0 aromatic carbocycles. The fraction of sp³-hybridized carbons (Fsp3) is 0.650. The number of aromatic nitrogens is 3. The standard InChI is InChI=1S/C20H33N7OS/c1-16(18-6-4-13-29-18)14-22-20(23-15-19-25-24-17(2)26(19)3)21-7-5-8-27-9-11-28-12-10-27/h4,6,13,16H,5,7-12,14-15H2,1-3H3,(H2,21,22,23). The Hall–Kier alpha value is -1.97. The number of aliphatic imine (C=N–C) groups is 1. The number of aryl methyl sites for hydroxylation is 1. The quantitative estimate of drug-likeness (QED) is 0.366. The maximum Gasteiger partial charge on any atom is 0.191 e. The van der Waals surface area contributed by atoms with Crippen LogP contribution in [0.4, 0.5) is 0 Å². The molecule has 2 aromatic rings. The highest BCUT2D eigenvalue weighted by molar-refractivity contribution is 7.10. The summed E-state index contributed by atoms with van der Waals surface area (Å²) in [5.41, 5.74) is 0. The van der Waals surface area contributed by atoms with Gasteiger partial charge in [0.15, 0.2) is 11.8 Å². The Kier molecular flexibility index (Phi) is 8.45. The molecule has 9 heteroatoms. The molecular formula is C20H33N7OS. The van der Waals surface area contributed by atoms with Crippen LogP contribution in [0.3, 0.4) is 0 Å². The lowest BCUT2D eigenvalue weighted by atomic mass is 10.1. The van der Waals surface area contributed by atoms with Crippen molar-refractivity contribution in [3.05, 3.63) is 34.0 Å². The summed E-state index contributed by atoms with van der Waals surface area (Å²) in [6.07, 6.45) is 1.07. The Labute approximate surface area is 177 Å². The van der Waals surface area contributed by atoms with E-state index in [2.05, 4.69) is 50.2 Å². The van der Waals surface area contributed by atoms with E-state index in [1.54, 1.807) is 11.3 Å². The summed E-state index contributed by atoms with van der Waals surface area (Å²) in [5, 5.41) is 17.4. The van der Waals surface area contributed by atoms with Crippen LogP contribution in [-0.4, -0.2) is 71.6 Å². The lowest BCUT2D eigenvalue weighted by Crippen LogP contribution is -2.41. The first-order valence-electron chi connectivity index (χ1n) is 10.3. The number of hydrogen-bond donors (Lipinski definition) is 2. The van der Waals surface area contributed by atoms with Crippen molar-refractivity contribution >= 4 is 17.3 Å². The van der Waals surface area contributed by atoms with E-state index >= 15 is 0 Å². The van der Waals surface area contributed by atoms with Gasteiger partial charge in [0.25, 0.3) is 0 Å². The molecule has 0 amide bonds. The van der Waals surface area contributed by atoms with Gasteiger partial charge in [-0.15, -0.1) is 21.5 Å². The van der Waals surface area contributed by atoms with E-state index in [9.17, 15) is 0 Å². The minimum Gasteiger partial charge on any atom is -0.379 e. The molecule has 0 spiro atoms. The van der Waals surface area contributed by atoms with E-state index in [1.807, 2.05) is 18.5 Å². The van der Waals surface area contributed by atoms with Crippen LogP contribution < -0.4 is 10.6 Å². The number of thiophene rings is 1. The second-order valence-corrected chi connectivity index (χ2v) is 8.40. The largest absolute Gasteiger partial charge is 0.379 e. The van der Waals surface area contributed by atoms with E-state index < -0.39 is 0 Å². The summed E-state index contributed by atoms with van der Waals surface area (Å²) in [6.45, 7) is 11.3. The van der Waals surface area contributed by atoms with Crippen LogP contribution >= 0.6 is 11.3 Å². The summed E-state index contributed by atoms with van der Waals surface area (Å²) < 4.78 is 7.40. The van der Waals surface area contributed by atoms with Crippen molar-refractivity contribution in [1.29, 1.82) is 0 Å². The van der Waals surface area contributed by atoms with Gasteiger partial charge in [-0.2, -0.15) is 0 Å². The zero-order chi connectivity index (χ0) is 20.5. The molecule has 1 atom stereocenters. The topological polar surface area (TPSA) is 79.6 Å². The van der Waals surface area contributed by atoms with Crippen LogP contribution in [0.15, 0.2) is 22.5 Å². The molecular weight excluding hydrogens is 386 g/mol. The molecule has 1 fully saturated rings. The Morgan fingerprint density at radius 2 is 2.14 bits per heavy atom. The first-order valence-corrected chi connectivity index (χ1v) is 11.2. The molecule has 0 saturated carbocycles. The van der Waals surface area contributed by atoms with Gasteiger partial charge in [0.1, 0.15) is 12.4 Å². The SMILES string of the molecule is Cc1nnc(CN=C(NCCCN2CCOCC2)NCC(C)c2cccs2)n1C. The van der Waals surface area contributed by atoms with Gasteiger partial charge >= 0.3 is 0 Å². The predicted molar refractivity (Wildman–Crippen MR) is 117 cm³/mol. The molecule has 29 heavy (non-hydrogen) atoms. The van der Waals surface area contributed by atoms with Gasteiger partial charge in [-0.25, -0.2) is 4.99 Å². The van der Waals surface area contributed by atoms with E-state index in [-0.39, 0.29) is 0 Å². The molecule has 1 saturated heterocycles. The summed E-state index contributed by atoms with van der Waals surface area (Å²) >= 11 is 1.80. The van der Waals surface area contributed by atoms with Gasteiger partial charge in [-0.05, 0) is 31.3 Å². The van der Waals surface area contributed by atoms with E-state index in [4.69, 9.17) is 9.73 Å². The minimum absolute atomic E-state index is 0.437. The van der Waals surface area contributed by atoms with Crippen molar-refractivity contribution in [2.24, 2.45) is 12.0 Å². The smallest absolute Gasteiger partial charge is 0.191 e. The number of guanidine groups is 1. The van der Waals surface area contributed by atoms with Crippen molar-refractivity contribution in [3.8, 4) is 0 Å². The molecule has 0 aliphatic carbocycles. The van der Waals surface area contributed by atoms with E-state index in [1.165, 1.54) is 4.88 Å². The van der Waals surface area contributed by atoms with Gasteiger partial charge in [0.05, 0.1) is 13.2 Å². The molecule has 2 N–H and O–H groups in total. The van der Waals surface area contributed by atoms with Gasteiger partial charge in [0, 0.05) is 44.0 Å². The Balaban J connectivity index is 1.51. The third-order valence-electron chi connectivity index (χ3n) is 5.21. The van der Waals surface area contributed by atoms with Crippen molar-refractivity contribution in [3.63, 3.8) is 0 Å². The zero-order valence-corrected chi connectivity index (χ0v) is 18.5. The van der Waals surface area contributed by atoms with E-state index in [0.717, 1.165) is 70.0 Å². The van der Waals surface area contributed by atoms with Crippen LogP contribution in [0.5, 0.6) is 0 Å². The second-order valence-electron chi connectivity index (χ2n) is 7.42. The number of nitrogens with zero attached hydrogens (tertiary/aromatic N) is 5. The average molecular weight is 420 g/mol. The highest BCUT2D eigenvalue weighted by Crippen LogP contribution is 2.19.